The van der Waals surface area contributed by atoms with Crippen LogP contribution >= 0.6 is 0 Å². The molecule has 0 radical (unpaired) electrons. The molecule has 0 aliphatic carbocycles. The van der Waals surface area contributed by atoms with Gasteiger partial charge in [0.25, 0.3) is 5.91 Å². The molecule has 2 heterocycles. The van der Waals surface area contributed by atoms with Crippen LogP contribution in [0, 0.1) is 5.92 Å². The summed E-state index contributed by atoms with van der Waals surface area (Å²) in [5.74, 6) is -1.52. The topological polar surface area (TPSA) is 76.2 Å². The predicted octanol–water partition coefficient (Wildman–Crippen LogP) is 5.52. The van der Waals surface area contributed by atoms with Crippen LogP contribution < -0.4 is 14.7 Å². The van der Waals surface area contributed by atoms with Gasteiger partial charge in [-0.05, 0) is 66.1 Å². The van der Waals surface area contributed by atoms with Gasteiger partial charge in [0, 0.05) is 0 Å². The molecule has 0 saturated carbocycles. The van der Waals surface area contributed by atoms with E-state index in [2.05, 4.69) is 6.92 Å². The van der Waals surface area contributed by atoms with Crippen LogP contribution in [0.25, 0.3) is 0 Å². The Morgan fingerprint density at radius 3 is 2.05 bits per heavy atom. The number of carbonyl (C=O) groups excluding carboxylic acids is 3. The highest BCUT2D eigenvalue weighted by molar-refractivity contribution is 6.23. The lowest BCUT2D eigenvalue weighted by molar-refractivity contribution is -0.126. The van der Waals surface area contributed by atoms with Crippen molar-refractivity contribution in [1.29, 1.82) is 0 Å². The van der Waals surface area contributed by atoms with Gasteiger partial charge in [0.1, 0.15) is 11.7 Å². The maximum absolute atomic E-state index is 13.8. The largest absolute Gasteiger partial charge is 0.423 e. The second-order valence-electron chi connectivity index (χ2n) is 9.51. The lowest BCUT2D eigenvalue weighted by Crippen LogP contribution is -2.37. The summed E-state index contributed by atoms with van der Waals surface area (Å²) >= 11 is 0. The van der Waals surface area contributed by atoms with Crippen LogP contribution in [0.5, 0.6) is 5.75 Å². The minimum Gasteiger partial charge on any atom is -0.423 e. The Balaban J connectivity index is 1.32. The third kappa shape index (κ3) is 4.47. The van der Waals surface area contributed by atoms with Crippen molar-refractivity contribution in [3.63, 3.8) is 0 Å². The average Bonchev–Trinajstić information content (AvgIpc) is 3.50. The van der Waals surface area contributed by atoms with E-state index < -0.39 is 24.0 Å². The Morgan fingerprint density at radius 2 is 1.41 bits per heavy atom. The van der Waals surface area contributed by atoms with E-state index in [1.165, 1.54) is 4.90 Å². The maximum Gasteiger partial charge on any atom is 0.343 e. The second kappa shape index (κ2) is 10.2. The number of anilines is 2. The summed E-state index contributed by atoms with van der Waals surface area (Å²) in [4.78, 5) is 47.3. The quantitative estimate of drug-likeness (QED) is 0.190. The molecule has 0 N–H and O–H groups in total. The van der Waals surface area contributed by atoms with E-state index in [0.717, 1.165) is 23.2 Å². The smallest absolute Gasteiger partial charge is 0.343 e. The third-order valence-electron chi connectivity index (χ3n) is 7.17. The molecule has 2 fully saturated rings. The first kappa shape index (κ1) is 24.6. The SMILES string of the molecule is CCc1ccc(N2C(=O)[C@H]3[C@@H](c4ccc(OC(=O)c5ccccc5)cc4)N(c4ccccc4)O[C@H]3C2=O)cc1. The fraction of sp³-hybridized carbons (Fsp3) is 0.156. The van der Waals surface area contributed by atoms with E-state index in [1.54, 1.807) is 65.7 Å². The summed E-state index contributed by atoms with van der Waals surface area (Å²) in [5.41, 5.74) is 3.60. The molecule has 6 rings (SSSR count). The van der Waals surface area contributed by atoms with Gasteiger partial charge in [-0.15, -0.1) is 0 Å². The van der Waals surface area contributed by atoms with Gasteiger partial charge in [-0.1, -0.05) is 67.6 Å². The number of hydrogen-bond donors (Lipinski definition) is 0. The van der Waals surface area contributed by atoms with E-state index in [0.29, 0.717) is 17.0 Å². The molecule has 2 aliphatic rings. The van der Waals surface area contributed by atoms with Crippen LogP contribution in [0.2, 0.25) is 0 Å². The summed E-state index contributed by atoms with van der Waals surface area (Å²) in [6.45, 7) is 2.05. The molecule has 7 nitrogen and oxygen atoms in total. The molecule has 2 aliphatic heterocycles. The minimum absolute atomic E-state index is 0.308. The van der Waals surface area contributed by atoms with Gasteiger partial charge >= 0.3 is 5.97 Å². The van der Waals surface area contributed by atoms with Crippen LogP contribution in [0.4, 0.5) is 11.4 Å². The molecule has 4 aromatic rings. The molecule has 0 unspecified atom stereocenters. The summed E-state index contributed by atoms with van der Waals surface area (Å²) in [6.07, 6.45) is -0.0921. The van der Waals surface area contributed by atoms with Crippen LogP contribution in [-0.2, 0) is 20.8 Å². The van der Waals surface area contributed by atoms with E-state index in [9.17, 15) is 14.4 Å². The number of rotatable bonds is 6. The zero-order valence-electron chi connectivity index (χ0n) is 21.3. The number of imide groups is 1. The Morgan fingerprint density at radius 1 is 0.769 bits per heavy atom. The standard InChI is InChI=1S/C32H26N2O5/c1-2-21-13-17-24(18-14-21)33-30(35)27-28(34(39-29(27)31(33)36)25-11-7-4-8-12-25)22-15-19-26(20-16-22)38-32(37)23-9-5-3-6-10-23/h3-20,27-29H,2H2,1H3/t27-,28+,29+/m0/s1. The summed E-state index contributed by atoms with van der Waals surface area (Å²) < 4.78 is 5.54. The molecule has 39 heavy (non-hydrogen) atoms. The van der Waals surface area contributed by atoms with Gasteiger partial charge in [-0.3, -0.25) is 14.4 Å². The van der Waals surface area contributed by atoms with Crippen molar-refractivity contribution < 1.29 is 24.0 Å². The van der Waals surface area contributed by atoms with E-state index >= 15 is 0 Å². The van der Waals surface area contributed by atoms with Gasteiger partial charge in [0.05, 0.1) is 23.0 Å². The normalized spacial score (nSPS) is 20.3. The Hall–Kier alpha value is -4.75. The summed E-state index contributed by atoms with van der Waals surface area (Å²) in [6, 6.07) is 32.0. The number of hydrogen-bond acceptors (Lipinski definition) is 6. The number of ether oxygens (including phenoxy) is 1. The van der Waals surface area contributed by atoms with Gasteiger partial charge in [0.2, 0.25) is 5.91 Å². The van der Waals surface area contributed by atoms with Crippen LogP contribution in [-0.4, -0.2) is 23.9 Å². The molecular formula is C32H26N2O5. The number of nitrogens with zero attached hydrogens (tertiary/aromatic N) is 2. The Labute approximate surface area is 226 Å². The summed E-state index contributed by atoms with van der Waals surface area (Å²) in [5, 5.41) is 1.65. The molecular weight excluding hydrogens is 492 g/mol. The molecule has 2 amide bonds. The number of para-hydroxylation sites is 1. The van der Waals surface area contributed by atoms with Gasteiger partial charge < -0.3 is 4.74 Å². The van der Waals surface area contributed by atoms with Crippen molar-refractivity contribution in [3.05, 3.63) is 126 Å². The predicted molar refractivity (Wildman–Crippen MR) is 146 cm³/mol. The number of esters is 1. The number of benzene rings is 4. The van der Waals surface area contributed by atoms with Crippen molar-refractivity contribution in [2.75, 3.05) is 9.96 Å². The highest BCUT2D eigenvalue weighted by Gasteiger charge is 2.60. The van der Waals surface area contributed by atoms with Gasteiger partial charge in [-0.2, -0.15) is 0 Å². The van der Waals surface area contributed by atoms with Crippen molar-refractivity contribution in [2.24, 2.45) is 5.92 Å². The fourth-order valence-electron chi connectivity index (χ4n) is 5.16. The number of amides is 2. The average molecular weight is 519 g/mol. The molecule has 2 saturated heterocycles. The molecule has 3 atom stereocenters. The Bertz CT molecular complexity index is 1500. The third-order valence-corrected chi connectivity index (χ3v) is 7.17. The van der Waals surface area contributed by atoms with Crippen LogP contribution in [0.1, 0.15) is 34.5 Å². The maximum atomic E-state index is 13.8. The first-order valence-electron chi connectivity index (χ1n) is 12.9. The molecule has 0 spiro atoms. The van der Waals surface area contributed by atoms with E-state index in [1.807, 2.05) is 48.5 Å². The van der Waals surface area contributed by atoms with E-state index in [-0.39, 0.29) is 11.8 Å². The summed E-state index contributed by atoms with van der Waals surface area (Å²) in [7, 11) is 0. The lowest BCUT2D eigenvalue weighted by atomic mass is 9.90. The second-order valence-corrected chi connectivity index (χ2v) is 9.51. The first-order chi connectivity index (χ1) is 19.0. The molecule has 0 aromatic heterocycles. The van der Waals surface area contributed by atoms with Crippen LogP contribution in [0.3, 0.4) is 0 Å². The monoisotopic (exact) mass is 518 g/mol. The fourth-order valence-corrected chi connectivity index (χ4v) is 5.16. The molecule has 4 aromatic carbocycles. The zero-order chi connectivity index (χ0) is 26.9. The number of fused-ring (bicyclic) bond motifs is 1. The highest BCUT2D eigenvalue weighted by Crippen LogP contribution is 2.47. The minimum atomic E-state index is -0.954. The lowest BCUT2D eigenvalue weighted by Gasteiger charge is -2.28. The number of carbonyl (C=O) groups is 3. The van der Waals surface area contributed by atoms with Gasteiger partial charge in [-0.25, -0.2) is 14.8 Å². The van der Waals surface area contributed by atoms with Gasteiger partial charge in [0.15, 0.2) is 6.10 Å². The molecule has 0 bridgehead atoms. The molecule has 194 valence electrons. The zero-order valence-corrected chi connectivity index (χ0v) is 21.3. The first-order valence-corrected chi connectivity index (χ1v) is 12.9. The van der Waals surface area contributed by atoms with Crippen molar-refractivity contribution in [2.45, 2.75) is 25.5 Å². The van der Waals surface area contributed by atoms with Crippen molar-refractivity contribution >= 4 is 29.2 Å². The highest BCUT2D eigenvalue weighted by atomic mass is 16.7. The number of hydroxylamine groups is 1. The van der Waals surface area contributed by atoms with E-state index in [4.69, 9.17) is 9.57 Å². The molecule has 7 heteroatoms. The number of aryl methyl sites for hydroxylation is 1. The van der Waals surface area contributed by atoms with Crippen molar-refractivity contribution in [1.82, 2.24) is 0 Å². The Kier molecular flexibility index (Phi) is 6.42. The van der Waals surface area contributed by atoms with Crippen LogP contribution in [0.15, 0.2) is 109 Å². The van der Waals surface area contributed by atoms with Crippen molar-refractivity contribution in [3.8, 4) is 5.75 Å².